The monoisotopic (exact) mass is 269 g/mol. The van der Waals surface area contributed by atoms with Crippen LogP contribution in [0.5, 0.6) is 0 Å². The average Bonchev–Trinajstić information content (AvgIpc) is 2.94. The minimum absolute atomic E-state index is 0.0907. The highest BCUT2D eigenvalue weighted by Crippen LogP contribution is 2.22. The van der Waals surface area contributed by atoms with Crippen LogP contribution in [-0.4, -0.2) is 27.4 Å². The molecule has 104 valence electrons. The zero-order chi connectivity index (χ0) is 13.9. The van der Waals surface area contributed by atoms with E-state index in [1.54, 1.807) is 0 Å². The number of carbonyl (C=O) groups excluding carboxylic acids is 1. The van der Waals surface area contributed by atoms with E-state index in [0.717, 1.165) is 19.4 Å². The van der Waals surface area contributed by atoms with Crippen LogP contribution in [0.4, 0.5) is 0 Å². The second kappa shape index (κ2) is 5.49. The van der Waals surface area contributed by atoms with Gasteiger partial charge in [0.2, 0.25) is 5.91 Å². The number of hydrogen-bond acceptors (Lipinski definition) is 2. The van der Waals surface area contributed by atoms with Crippen LogP contribution in [0.25, 0.3) is 0 Å². The quantitative estimate of drug-likeness (QED) is 0.856. The number of fused-ring (bicyclic) bond motifs is 1. The molecule has 4 nitrogen and oxygen atoms in total. The lowest BCUT2D eigenvalue weighted by Gasteiger charge is -2.27. The first-order chi connectivity index (χ1) is 9.74. The molecule has 0 radical (unpaired) electrons. The second-order valence-electron chi connectivity index (χ2n) is 5.45. The van der Waals surface area contributed by atoms with Crippen molar-refractivity contribution in [3.05, 3.63) is 54.1 Å². The molecule has 1 unspecified atom stereocenters. The van der Waals surface area contributed by atoms with Crippen molar-refractivity contribution in [1.82, 2.24) is 14.5 Å². The second-order valence-corrected chi connectivity index (χ2v) is 5.45. The van der Waals surface area contributed by atoms with E-state index in [0.29, 0.717) is 6.54 Å². The number of benzene rings is 1. The molecule has 0 N–H and O–H groups in total. The molecule has 1 atom stereocenters. The van der Waals surface area contributed by atoms with Gasteiger partial charge in [0.1, 0.15) is 0 Å². The Morgan fingerprint density at radius 1 is 1.40 bits per heavy atom. The summed E-state index contributed by atoms with van der Waals surface area (Å²) in [6.45, 7) is 1.57. The highest BCUT2D eigenvalue weighted by molar-refractivity contribution is 5.79. The minimum Gasteiger partial charge on any atom is -0.341 e. The van der Waals surface area contributed by atoms with E-state index >= 15 is 0 Å². The SMILES string of the molecule is CN(Cc1ccccc1)C(=O)C1CCn2cncc2C1. The summed E-state index contributed by atoms with van der Waals surface area (Å²) < 4.78 is 2.14. The van der Waals surface area contributed by atoms with Crippen molar-refractivity contribution < 1.29 is 4.79 Å². The number of amides is 1. The van der Waals surface area contributed by atoms with Gasteiger partial charge in [-0.25, -0.2) is 4.98 Å². The molecule has 0 saturated carbocycles. The summed E-state index contributed by atoms with van der Waals surface area (Å²) in [4.78, 5) is 18.5. The first kappa shape index (κ1) is 12.9. The normalized spacial score (nSPS) is 17.6. The molecule has 2 heterocycles. The van der Waals surface area contributed by atoms with Crippen LogP contribution in [0, 0.1) is 5.92 Å². The molecule has 20 heavy (non-hydrogen) atoms. The largest absolute Gasteiger partial charge is 0.341 e. The third-order valence-electron chi connectivity index (χ3n) is 3.96. The van der Waals surface area contributed by atoms with Gasteiger partial charge in [0.25, 0.3) is 0 Å². The van der Waals surface area contributed by atoms with Gasteiger partial charge >= 0.3 is 0 Å². The van der Waals surface area contributed by atoms with Gasteiger partial charge in [0.15, 0.2) is 0 Å². The van der Waals surface area contributed by atoms with E-state index in [4.69, 9.17) is 0 Å². The number of aromatic nitrogens is 2. The Hall–Kier alpha value is -2.10. The number of hydrogen-bond donors (Lipinski definition) is 0. The van der Waals surface area contributed by atoms with Gasteiger partial charge in [-0.2, -0.15) is 0 Å². The molecule has 0 fully saturated rings. The summed E-state index contributed by atoms with van der Waals surface area (Å²) in [6.07, 6.45) is 5.43. The molecular formula is C16H19N3O. The fourth-order valence-corrected chi connectivity index (χ4v) is 2.83. The average molecular weight is 269 g/mol. The van der Waals surface area contributed by atoms with Gasteiger partial charge in [0, 0.05) is 44.4 Å². The fourth-order valence-electron chi connectivity index (χ4n) is 2.83. The van der Waals surface area contributed by atoms with Crippen molar-refractivity contribution in [1.29, 1.82) is 0 Å². The number of aryl methyl sites for hydroxylation is 1. The van der Waals surface area contributed by atoms with E-state index in [2.05, 4.69) is 21.7 Å². The van der Waals surface area contributed by atoms with Gasteiger partial charge in [-0.15, -0.1) is 0 Å². The lowest BCUT2D eigenvalue weighted by atomic mass is 9.95. The molecule has 1 amide bonds. The molecule has 1 aliphatic rings. The summed E-state index contributed by atoms with van der Waals surface area (Å²) >= 11 is 0. The molecule has 0 spiro atoms. The van der Waals surface area contributed by atoms with Gasteiger partial charge < -0.3 is 9.47 Å². The van der Waals surface area contributed by atoms with Crippen molar-refractivity contribution in [2.75, 3.05) is 7.05 Å². The summed E-state index contributed by atoms with van der Waals surface area (Å²) in [7, 11) is 1.89. The predicted octanol–water partition coefficient (Wildman–Crippen LogP) is 2.10. The molecule has 4 heteroatoms. The Morgan fingerprint density at radius 3 is 3.00 bits per heavy atom. The molecular weight excluding hydrogens is 250 g/mol. The Balaban J connectivity index is 1.64. The van der Waals surface area contributed by atoms with Crippen LogP contribution in [-0.2, 0) is 24.3 Å². The molecule has 1 aliphatic heterocycles. The Labute approximate surface area is 119 Å². The van der Waals surface area contributed by atoms with Gasteiger partial charge in [-0.1, -0.05) is 30.3 Å². The van der Waals surface area contributed by atoms with Gasteiger partial charge in [0.05, 0.1) is 6.33 Å². The molecule has 2 aromatic rings. The van der Waals surface area contributed by atoms with E-state index in [1.165, 1.54) is 11.3 Å². The van der Waals surface area contributed by atoms with Crippen molar-refractivity contribution in [2.24, 2.45) is 5.92 Å². The smallest absolute Gasteiger partial charge is 0.226 e. The predicted molar refractivity (Wildman–Crippen MR) is 77.0 cm³/mol. The summed E-state index contributed by atoms with van der Waals surface area (Å²) in [6, 6.07) is 10.1. The van der Waals surface area contributed by atoms with Crippen molar-refractivity contribution in [3.63, 3.8) is 0 Å². The topological polar surface area (TPSA) is 38.1 Å². The van der Waals surface area contributed by atoms with Crippen LogP contribution in [0.2, 0.25) is 0 Å². The van der Waals surface area contributed by atoms with Crippen LogP contribution >= 0.6 is 0 Å². The van der Waals surface area contributed by atoms with Crippen LogP contribution in [0.1, 0.15) is 17.7 Å². The maximum Gasteiger partial charge on any atom is 0.226 e. The molecule has 1 aromatic heterocycles. The third-order valence-corrected chi connectivity index (χ3v) is 3.96. The number of carbonyl (C=O) groups is 1. The van der Waals surface area contributed by atoms with Crippen LogP contribution in [0.15, 0.2) is 42.9 Å². The van der Waals surface area contributed by atoms with Crippen LogP contribution < -0.4 is 0 Å². The molecule has 1 aromatic carbocycles. The lowest BCUT2D eigenvalue weighted by Crippen LogP contribution is -2.36. The standard InChI is InChI=1S/C16H19N3O/c1-18(11-13-5-3-2-4-6-13)16(20)14-7-8-19-12-17-10-15(19)9-14/h2-6,10,12,14H,7-9,11H2,1H3. The summed E-state index contributed by atoms with van der Waals surface area (Å²) in [5.41, 5.74) is 2.34. The fraction of sp³-hybridized carbons (Fsp3) is 0.375. The number of imidazole rings is 1. The van der Waals surface area contributed by atoms with E-state index in [-0.39, 0.29) is 11.8 Å². The van der Waals surface area contributed by atoms with E-state index in [9.17, 15) is 4.79 Å². The zero-order valence-corrected chi connectivity index (χ0v) is 11.7. The maximum atomic E-state index is 12.5. The number of rotatable bonds is 3. The van der Waals surface area contributed by atoms with Crippen molar-refractivity contribution >= 4 is 5.91 Å². The highest BCUT2D eigenvalue weighted by Gasteiger charge is 2.27. The molecule has 3 rings (SSSR count). The zero-order valence-electron chi connectivity index (χ0n) is 11.7. The van der Waals surface area contributed by atoms with Crippen LogP contribution in [0.3, 0.4) is 0 Å². The molecule has 0 aliphatic carbocycles. The minimum atomic E-state index is 0.0907. The van der Waals surface area contributed by atoms with Gasteiger partial charge in [-0.3, -0.25) is 4.79 Å². The first-order valence-electron chi connectivity index (χ1n) is 7.02. The third kappa shape index (κ3) is 2.59. The molecule has 0 saturated heterocycles. The Morgan fingerprint density at radius 2 is 2.20 bits per heavy atom. The highest BCUT2D eigenvalue weighted by atomic mass is 16.2. The van der Waals surface area contributed by atoms with E-state index in [1.807, 2.05) is 42.7 Å². The Bertz CT molecular complexity index is 591. The van der Waals surface area contributed by atoms with Gasteiger partial charge in [-0.05, 0) is 12.0 Å². The lowest BCUT2D eigenvalue weighted by molar-refractivity contribution is -0.135. The van der Waals surface area contributed by atoms with Crippen molar-refractivity contribution in [3.8, 4) is 0 Å². The van der Waals surface area contributed by atoms with Crippen molar-refractivity contribution in [2.45, 2.75) is 25.9 Å². The number of nitrogens with zero attached hydrogens (tertiary/aromatic N) is 3. The van der Waals surface area contributed by atoms with E-state index < -0.39 is 0 Å². The Kier molecular flexibility index (Phi) is 3.54. The first-order valence-corrected chi connectivity index (χ1v) is 7.02. The summed E-state index contributed by atoms with van der Waals surface area (Å²) in [5, 5.41) is 0. The molecule has 0 bridgehead atoms. The summed E-state index contributed by atoms with van der Waals surface area (Å²) in [5.74, 6) is 0.328. The maximum absolute atomic E-state index is 12.5.